The number of nitrogens with one attached hydrogen (secondary N) is 1. The van der Waals surface area contributed by atoms with Gasteiger partial charge in [-0.2, -0.15) is 9.61 Å². The molecular weight excluding hydrogens is 380 g/mol. The van der Waals surface area contributed by atoms with Crippen molar-refractivity contribution in [1.29, 1.82) is 0 Å². The lowest BCUT2D eigenvalue weighted by atomic mass is 10.2. The summed E-state index contributed by atoms with van der Waals surface area (Å²) in [4.78, 5) is 29.5. The topological polar surface area (TPSA) is 76.4 Å². The zero-order chi connectivity index (χ0) is 19.2. The summed E-state index contributed by atoms with van der Waals surface area (Å²) < 4.78 is 1.37. The Hall–Kier alpha value is -2.19. The Labute approximate surface area is 166 Å². The van der Waals surface area contributed by atoms with Gasteiger partial charge in [0, 0.05) is 23.9 Å². The Morgan fingerprint density at radius 1 is 1.33 bits per heavy atom. The normalized spacial score (nSPS) is 11.0. The third-order valence-electron chi connectivity index (χ3n) is 3.99. The van der Waals surface area contributed by atoms with Gasteiger partial charge in [0.05, 0.1) is 11.4 Å². The van der Waals surface area contributed by atoms with Gasteiger partial charge in [-0.1, -0.05) is 42.9 Å². The molecule has 0 atom stereocenters. The zero-order valence-corrected chi connectivity index (χ0v) is 17.0. The van der Waals surface area contributed by atoms with Crippen molar-refractivity contribution in [3.05, 3.63) is 57.0 Å². The van der Waals surface area contributed by atoms with Crippen molar-refractivity contribution in [3.8, 4) is 0 Å². The van der Waals surface area contributed by atoms with E-state index in [1.54, 1.807) is 0 Å². The number of rotatable bonds is 8. The third kappa shape index (κ3) is 5.17. The second-order valence-electron chi connectivity index (χ2n) is 6.24. The van der Waals surface area contributed by atoms with Crippen LogP contribution in [0, 0.1) is 6.92 Å². The van der Waals surface area contributed by atoms with Crippen LogP contribution in [0.3, 0.4) is 0 Å². The first-order chi connectivity index (χ1) is 13.1. The van der Waals surface area contributed by atoms with Gasteiger partial charge in [0.1, 0.15) is 5.01 Å². The second-order valence-corrected chi connectivity index (χ2v) is 8.26. The fourth-order valence-corrected chi connectivity index (χ4v) is 4.22. The van der Waals surface area contributed by atoms with Crippen LogP contribution in [0.25, 0.3) is 4.96 Å². The van der Waals surface area contributed by atoms with Crippen molar-refractivity contribution in [1.82, 2.24) is 14.6 Å². The lowest BCUT2D eigenvalue weighted by Crippen LogP contribution is -2.16. The predicted octanol–water partition coefficient (Wildman–Crippen LogP) is 3.67. The summed E-state index contributed by atoms with van der Waals surface area (Å²) in [5.41, 5.74) is 2.36. The first kappa shape index (κ1) is 19.6. The lowest BCUT2D eigenvalue weighted by Gasteiger charge is -2.07. The van der Waals surface area contributed by atoms with E-state index in [1.165, 1.54) is 33.7 Å². The van der Waals surface area contributed by atoms with Crippen LogP contribution in [0.2, 0.25) is 0 Å². The minimum absolute atomic E-state index is 0.0632. The van der Waals surface area contributed by atoms with E-state index in [1.807, 2.05) is 31.2 Å². The molecule has 0 radical (unpaired) electrons. The van der Waals surface area contributed by atoms with Crippen LogP contribution in [0.1, 0.15) is 36.0 Å². The molecule has 1 N–H and O–H groups in total. The number of anilines is 1. The molecule has 0 saturated carbocycles. The molecule has 1 amide bonds. The first-order valence-corrected chi connectivity index (χ1v) is 10.9. The molecule has 0 bridgehead atoms. The highest BCUT2D eigenvalue weighted by Gasteiger charge is 2.10. The molecule has 0 aliphatic rings. The summed E-state index contributed by atoms with van der Waals surface area (Å²) in [6, 6.07) is 9.18. The highest BCUT2D eigenvalue weighted by Crippen LogP contribution is 2.17. The molecule has 0 aliphatic carbocycles. The van der Waals surface area contributed by atoms with E-state index >= 15 is 0 Å². The maximum Gasteiger partial charge on any atom is 0.275 e. The van der Waals surface area contributed by atoms with Gasteiger partial charge in [-0.15, -0.1) is 11.8 Å². The molecule has 1 aromatic carbocycles. The van der Waals surface area contributed by atoms with Gasteiger partial charge < -0.3 is 5.32 Å². The van der Waals surface area contributed by atoms with E-state index in [9.17, 15) is 9.59 Å². The summed E-state index contributed by atoms with van der Waals surface area (Å²) in [6.07, 6.45) is 3.01. The molecule has 6 nitrogen and oxygen atoms in total. The molecule has 2 heterocycles. The van der Waals surface area contributed by atoms with Crippen molar-refractivity contribution in [2.45, 2.75) is 38.9 Å². The highest BCUT2D eigenvalue weighted by molar-refractivity contribution is 7.99. The van der Waals surface area contributed by atoms with Crippen LogP contribution in [0.15, 0.2) is 35.1 Å². The number of unbranched alkanes of at least 4 members (excludes halogenated alkanes) is 1. The SMILES string of the molecule is CCCCc1nn2c(=O)cc(CSCC(=O)Nc3ccccc3C)nc2s1. The summed E-state index contributed by atoms with van der Waals surface area (Å²) in [6.45, 7) is 4.08. The smallest absolute Gasteiger partial charge is 0.275 e. The van der Waals surface area contributed by atoms with Crippen LogP contribution in [0.5, 0.6) is 0 Å². The largest absolute Gasteiger partial charge is 0.325 e. The standard InChI is InChI=1S/C19H22N4O2S2/c1-3-4-9-17-22-23-18(25)10-14(20-19(23)27-17)11-26-12-16(24)21-15-8-6-5-7-13(15)2/h5-8,10H,3-4,9,11-12H2,1-2H3,(H,21,24). The molecule has 0 spiro atoms. The average Bonchev–Trinajstić information content (AvgIpc) is 3.05. The van der Waals surface area contributed by atoms with Gasteiger partial charge in [0.25, 0.3) is 5.56 Å². The van der Waals surface area contributed by atoms with Crippen molar-refractivity contribution < 1.29 is 4.79 Å². The Morgan fingerprint density at radius 3 is 2.93 bits per heavy atom. The Bertz CT molecular complexity index is 997. The number of thioether (sulfide) groups is 1. The number of carbonyl (C=O) groups is 1. The Kier molecular flexibility index (Phi) is 6.63. The van der Waals surface area contributed by atoms with Crippen molar-refractivity contribution in [2.24, 2.45) is 0 Å². The molecule has 142 valence electrons. The molecule has 0 fully saturated rings. The van der Waals surface area contributed by atoms with E-state index in [0.717, 1.165) is 35.5 Å². The Morgan fingerprint density at radius 2 is 2.15 bits per heavy atom. The fraction of sp³-hybridized carbons (Fsp3) is 0.368. The van der Waals surface area contributed by atoms with Crippen LogP contribution >= 0.6 is 23.1 Å². The summed E-state index contributed by atoms with van der Waals surface area (Å²) in [5.74, 6) is 0.751. The van der Waals surface area contributed by atoms with Crippen molar-refractivity contribution in [3.63, 3.8) is 0 Å². The number of hydrogen-bond donors (Lipinski definition) is 1. The number of benzene rings is 1. The molecular formula is C19H22N4O2S2. The second kappa shape index (κ2) is 9.14. The van der Waals surface area contributed by atoms with Crippen LogP contribution in [-0.4, -0.2) is 26.3 Å². The van der Waals surface area contributed by atoms with Gasteiger partial charge in [0.2, 0.25) is 10.9 Å². The van der Waals surface area contributed by atoms with E-state index in [4.69, 9.17) is 0 Å². The zero-order valence-electron chi connectivity index (χ0n) is 15.4. The van der Waals surface area contributed by atoms with Gasteiger partial charge in [-0.3, -0.25) is 9.59 Å². The molecule has 3 aromatic rings. The highest BCUT2D eigenvalue weighted by atomic mass is 32.2. The maximum atomic E-state index is 12.2. The minimum Gasteiger partial charge on any atom is -0.325 e. The predicted molar refractivity (Wildman–Crippen MR) is 112 cm³/mol. The summed E-state index contributed by atoms with van der Waals surface area (Å²) in [7, 11) is 0. The quantitative estimate of drug-likeness (QED) is 0.622. The number of para-hydroxylation sites is 1. The van der Waals surface area contributed by atoms with E-state index in [-0.39, 0.29) is 11.5 Å². The number of aryl methyl sites for hydroxylation is 2. The molecule has 0 saturated heterocycles. The van der Waals surface area contributed by atoms with Gasteiger partial charge in [-0.05, 0) is 25.0 Å². The van der Waals surface area contributed by atoms with Gasteiger partial charge in [0.15, 0.2) is 0 Å². The first-order valence-electron chi connectivity index (χ1n) is 8.88. The lowest BCUT2D eigenvalue weighted by molar-refractivity contribution is -0.113. The fourth-order valence-electron chi connectivity index (χ4n) is 2.55. The minimum atomic E-state index is -0.168. The number of nitrogens with zero attached hydrogens (tertiary/aromatic N) is 3. The third-order valence-corrected chi connectivity index (χ3v) is 5.92. The average molecular weight is 403 g/mol. The van der Waals surface area contributed by atoms with Crippen molar-refractivity contribution >= 4 is 39.7 Å². The monoisotopic (exact) mass is 402 g/mol. The number of fused-ring (bicyclic) bond motifs is 1. The van der Waals surface area contributed by atoms with Gasteiger partial charge >= 0.3 is 0 Å². The Balaban J connectivity index is 1.59. The molecule has 0 unspecified atom stereocenters. The van der Waals surface area contributed by atoms with Crippen LogP contribution in [-0.2, 0) is 17.0 Å². The molecule has 3 rings (SSSR count). The van der Waals surface area contributed by atoms with Crippen LogP contribution in [0.4, 0.5) is 5.69 Å². The van der Waals surface area contributed by atoms with E-state index < -0.39 is 0 Å². The van der Waals surface area contributed by atoms with Gasteiger partial charge in [-0.25, -0.2) is 4.98 Å². The number of carbonyl (C=O) groups excluding carboxylic acids is 1. The molecule has 8 heteroatoms. The number of amides is 1. The number of aromatic nitrogens is 3. The molecule has 2 aromatic heterocycles. The van der Waals surface area contributed by atoms with E-state index in [2.05, 4.69) is 22.3 Å². The summed E-state index contributed by atoms with van der Waals surface area (Å²) >= 11 is 2.90. The number of hydrogen-bond acceptors (Lipinski definition) is 6. The maximum absolute atomic E-state index is 12.2. The van der Waals surface area contributed by atoms with Crippen LogP contribution < -0.4 is 10.9 Å². The molecule has 27 heavy (non-hydrogen) atoms. The summed E-state index contributed by atoms with van der Waals surface area (Å²) in [5, 5.41) is 8.18. The molecule has 0 aliphatic heterocycles. The van der Waals surface area contributed by atoms with Crippen molar-refractivity contribution in [2.75, 3.05) is 11.1 Å². The van der Waals surface area contributed by atoms with E-state index in [0.29, 0.717) is 22.2 Å².